The molecule has 6 nitrogen and oxygen atoms in total. The molecule has 1 aromatic rings. The summed E-state index contributed by atoms with van der Waals surface area (Å²) < 4.78 is 31.9. The van der Waals surface area contributed by atoms with Gasteiger partial charge in [0.1, 0.15) is 0 Å². The number of amides is 1. The van der Waals surface area contributed by atoms with Gasteiger partial charge in [0.25, 0.3) is 0 Å². The predicted molar refractivity (Wildman–Crippen MR) is 123 cm³/mol. The molecule has 30 heavy (non-hydrogen) atoms. The number of nitrogens with one attached hydrogen (secondary N) is 1. The van der Waals surface area contributed by atoms with E-state index in [9.17, 15) is 13.6 Å². The van der Waals surface area contributed by atoms with E-state index < -0.39 is 11.6 Å². The number of aliphatic imine (C=N–C) groups is 1. The lowest BCUT2D eigenvalue weighted by molar-refractivity contribution is -0.140. The second-order valence-electron chi connectivity index (χ2n) is 7.70. The number of likely N-dealkylation sites (tertiary alicyclic amines) is 1. The third kappa shape index (κ3) is 6.26. The number of carbonyl (C=O) groups is 1. The van der Waals surface area contributed by atoms with Crippen LogP contribution in [0.3, 0.4) is 0 Å². The number of hydrogen-bond donors (Lipinski definition) is 1. The Morgan fingerprint density at radius 2 is 1.83 bits per heavy atom. The summed E-state index contributed by atoms with van der Waals surface area (Å²) in [5.41, 5.74) is 0.738. The number of benzene rings is 1. The highest BCUT2D eigenvalue weighted by atomic mass is 127. The first-order chi connectivity index (χ1) is 14.0. The number of morpholine rings is 1. The number of piperidine rings is 1. The first-order valence-electron chi connectivity index (χ1n) is 10.3. The quantitative estimate of drug-likeness (QED) is 0.366. The van der Waals surface area contributed by atoms with Crippen LogP contribution >= 0.6 is 24.0 Å². The van der Waals surface area contributed by atoms with Crippen molar-refractivity contribution in [2.24, 2.45) is 10.9 Å². The van der Waals surface area contributed by atoms with E-state index in [1.165, 1.54) is 6.07 Å². The second-order valence-corrected chi connectivity index (χ2v) is 7.70. The lowest BCUT2D eigenvalue weighted by Crippen LogP contribution is -2.50. The van der Waals surface area contributed by atoms with Crippen LogP contribution in [-0.2, 0) is 9.53 Å². The van der Waals surface area contributed by atoms with E-state index in [1.807, 2.05) is 11.8 Å². The van der Waals surface area contributed by atoms with Gasteiger partial charge in [0, 0.05) is 45.7 Å². The molecular formula is C21H31F2IN4O2. The van der Waals surface area contributed by atoms with Gasteiger partial charge in [-0.25, -0.2) is 8.78 Å². The molecule has 0 saturated carbocycles. The topological polar surface area (TPSA) is 57.2 Å². The van der Waals surface area contributed by atoms with Crippen LogP contribution < -0.4 is 5.32 Å². The van der Waals surface area contributed by atoms with Crippen LogP contribution in [0.4, 0.5) is 8.78 Å². The van der Waals surface area contributed by atoms with Crippen molar-refractivity contribution in [1.29, 1.82) is 0 Å². The highest BCUT2D eigenvalue weighted by molar-refractivity contribution is 14.0. The second kappa shape index (κ2) is 11.8. The van der Waals surface area contributed by atoms with Gasteiger partial charge in [-0.15, -0.1) is 24.0 Å². The summed E-state index contributed by atoms with van der Waals surface area (Å²) in [5, 5.41) is 3.33. The van der Waals surface area contributed by atoms with Crippen molar-refractivity contribution in [2.45, 2.75) is 25.7 Å². The van der Waals surface area contributed by atoms with Crippen molar-refractivity contribution < 1.29 is 18.3 Å². The van der Waals surface area contributed by atoms with Crippen molar-refractivity contribution in [3.05, 3.63) is 35.4 Å². The molecule has 1 amide bonds. The molecule has 0 radical (unpaired) electrons. The SMILES string of the molecule is CN=C(NCC(C)c1ccc(F)c(F)c1)N1CCC(C(=O)N2CCOCC2)CC1.I. The molecule has 0 bridgehead atoms. The van der Waals surface area contributed by atoms with E-state index in [0.29, 0.717) is 32.8 Å². The van der Waals surface area contributed by atoms with Gasteiger partial charge in [-0.1, -0.05) is 13.0 Å². The molecule has 3 rings (SSSR count). The summed E-state index contributed by atoms with van der Waals surface area (Å²) in [6.07, 6.45) is 1.60. The number of halogens is 3. The van der Waals surface area contributed by atoms with Gasteiger partial charge >= 0.3 is 0 Å². The molecule has 2 aliphatic rings. The molecule has 0 spiro atoms. The normalized spacial score (nSPS) is 19.3. The Labute approximate surface area is 194 Å². The maximum absolute atomic E-state index is 13.5. The molecular weight excluding hydrogens is 505 g/mol. The summed E-state index contributed by atoms with van der Waals surface area (Å²) in [6, 6.07) is 4.01. The van der Waals surface area contributed by atoms with Crippen molar-refractivity contribution in [3.8, 4) is 0 Å². The van der Waals surface area contributed by atoms with Gasteiger partial charge in [0.05, 0.1) is 13.2 Å². The zero-order valence-electron chi connectivity index (χ0n) is 17.6. The monoisotopic (exact) mass is 536 g/mol. The highest BCUT2D eigenvalue weighted by Crippen LogP contribution is 2.21. The van der Waals surface area contributed by atoms with E-state index in [0.717, 1.165) is 43.5 Å². The molecule has 2 heterocycles. The van der Waals surface area contributed by atoms with Crippen LogP contribution in [0.1, 0.15) is 31.2 Å². The maximum atomic E-state index is 13.5. The number of nitrogens with zero attached hydrogens (tertiary/aromatic N) is 3. The Bertz CT molecular complexity index is 736. The van der Waals surface area contributed by atoms with Crippen LogP contribution in [0.15, 0.2) is 23.2 Å². The fraction of sp³-hybridized carbons (Fsp3) is 0.619. The Hall–Kier alpha value is -1.49. The zero-order chi connectivity index (χ0) is 20.8. The van der Waals surface area contributed by atoms with Crippen molar-refractivity contribution in [1.82, 2.24) is 15.1 Å². The molecule has 168 valence electrons. The molecule has 1 aromatic carbocycles. The van der Waals surface area contributed by atoms with Crippen LogP contribution in [0.25, 0.3) is 0 Å². The van der Waals surface area contributed by atoms with E-state index >= 15 is 0 Å². The number of rotatable bonds is 4. The Balaban J connectivity index is 0.00000320. The summed E-state index contributed by atoms with van der Waals surface area (Å²) >= 11 is 0. The summed E-state index contributed by atoms with van der Waals surface area (Å²) in [5.74, 6) is -0.588. The first-order valence-corrected chi connectivity index (χ1v) is 10.3. The molecule has 2 aliphatic heterocycles. The number of guanidine groups is 1. The van der Waals surface area contributed by atoms with E-state index in [4.69, 9.17) is 4.74 Å². The van der Waals surface area contributed by atoms with E-state index in [-0.39, 0.29) is 41.7 Å². The van der Waals surface area contributed by atoms with Crippen LogP contribution in [0.5, 0.6) is 0 Å². The average Bonchev–Trinajstić information content (AvgIpc) is 2.76. The van der Waals surface area contributed by atoms with Crippen molar-refractivity contribution in [2.75, 3.05) is 53.0 Å². The minimum Gasteiger partial charge on any atom is -0.378 e. The van der Waals surface area contributed by atoms with Crippen molar-refractivity contribution >= 4 is 35.8 Å². The van der Waals surface area contributed by atoms with E-state index in [2.05, 4.69) is 15.2 Å². The molecule has 9 heteroatoms. The third-order valence-electron chi connectivity index (χ3n) is 5.76. The van der Waals surface area contributed by atoms with Crippen molar-refractivity contribution in [3.63, 3.8) is 0 Å². The molecule has 0 aliphatic carbocycles. The Kier molecular flexibility index (Phi) is 9.73. The van der Waals surface area contributed by atoms with Gasteiger partial charge in [0.15, 0.2) is 17.6 Å². The van der Waals surface area contributed by atoms with Crippen LogP contribution in [0.2, 0.25) is 0 Å². The number of hydrogen-bond acceptors (Lipinski definition) is 3. The standard InChI is InChI=1S/C21H30F2N4O2.HI/c1-15(17-3-4-18(22)19(23)13-17)14-25-21(24-2)27-7-5-16(6-8-27)20(28)26-9-11-29-12-10-26;/h3-4,13,15-16H,5-12,14H2,1-2H3,(H,24,25);1H. The number of carbonyl (C=O) groups excluding carboxylic acids is 1. The molecule has 1 atom stereocenters. The zero-order valence-corrected chi connectivity index (χ0v) is 19.9. The Morgan fingerprint density at radius 1 is 1.17 bits per heavy atom. The van der Waals surface area contributed by atoms with Gasteiger partial charge in [-0.3, -0.25) is 9.79 Å². The molecule has 1 N–H and O–H groups in total. The van der Waals surface area contributed by atoms with Gasteiger partial charge in [-0.05, 0) is 36.5 Å². The maximum Gasteiger partial charge on any atom is 0.225 e. The van der Waals surface area contributed by atoms with Gasteiger partial charge < -0.3 is 19.9 Å². The first kappa shape index (κ1) is 24.8. The van der Waals surface area contributed by atoms with Gasteiger partial charge in [-0.2, -0.15) is 0 Å². The number of ether oxygens (including phenoxy) is 1. The fourth-order valence-electron chi connectivity index (χ4n) is 3.89. The molecule has 1 unspecified atom stereocenters. The molecule has 0 aromatic heterocycles. The highest BCUT2D eigenvalue weighted by Gasteiger charge is 2.30. The third-order valence-corrected chi connectivity index (χ3v) is 5.76. The molecule has 2 fully saturated rings. The van der Waals surface area contributed by atoms with Crippen LogP contribution in [-0.4, -0.2) is 74.7 Å². The predicted octanol–water partition coefficient (Wildman–Crippen LogP) is 2.83. The minimum atomic E-state index is -0.834. The molecule has 2 saturated heterocycles. The van der Waals surface area contributed by atoms with E-state index in [1.54, 1.807) is 13.1 Å². The van der Waals surface area contributed by atoms with Gasteiger partial charge in [0.2, 0.25) is 5.91 Å². The summed E-state index contributed by atoms with van der Waals surface area (Å²) in [6.45, 7) is 6.66. The largest absolute Gasteiger partial charge is 0.378 e. The Morgan fingerprint density at radius 3 is 2.43 bits per heavy atom. The summed E-state index contributed by atoms with van der Waals surface area (Å²) in [4.78, 5) is 21.1. The average molecular weight is 536 g/mol. The summed E-state index contributed by atoms with van der Waals surface area (Å²) in [7, 11) is 1.73. The lowest BCUT2D eigenvalue weighted by Gasteiger charge is -2.37. The van der Waals surface area contributed by atoms with Crippen LogP contribution in [0, 0.1) is 17.6 Å². The smallest absolute Gasteiger partial charge is 0.225 e. The minimum absolute atomic E-state index is 0. The lowest BCUT2D eigenvalue weighted by atomic mass is 9.95. The fourth-order valence-corrected chi connectivity index (χ4v) is 3.89.